The highest BCUT2D eigenvalue weighted by Gasteiger charge is 2.34. The molecule has 0 radical (unpaired) electrons. The van der Waals surface area contributed by atoms with E-state index in [9.17, 15) is 14.4 Å². The second kappa shape index (κ2) is 4.91. The van der Waals surface area contributed by atoms with Gasteiger partial charge in [0.05, 0.1) is 12.6 Å². The lowest BCUT2D eigenvalue weighted by Crippen LogP contribution is -2.43. The normalized spacial score (nSPS) is 16.7. The van der Waals surface area contributed by atoms with Gasteiger partial charge in [-0.3, -0.25) is 9.59 Å². The van der Waals surface area contributed by atoms with E-state index in [2.05, 4.69) is 10.1 Å². The Kier molecular flexibility index (Phi) is 3.82. The van der Waals surface area contributed by atoms with Gasteiger partial charge in [0, 0.05) is 5.92 Å². The maximum absolute atomic E-state index is 11.5. The molecular weight excluding hydrogens is 198 g/mol. The first-order valence-corrected chi connectivity index (χ1v) is 5.07. The zero-order valence-electron chi connectivity index (χ0n) is 8.91. The maximum atomic E-state index is 11.5. The number of Topliss-reactive ketones (excluding diaryl/α,β-unsaturated/α-hetero) is 1. The molecule has 1 atom stereocenters. The summed E-state index contributed by atoms with van der Waals surface area (Å²) in [5, 5.41) is 2.32. The predicted octanol–water partition coefficient (Wildman–Crippen LogP) is 0.0333. The molecule has 0 aromatic rings. The number of hydrogen-bond donors (Lipinski definition) is 1. The van der Waals surface area contributed by atoms with Crippen LogP contribution in [0.3, 0.4) is 0 Å². The highest BCUT2D eigenvalue weighted by molar-refractivity contribution is 6.32. The Morgan fingerprint density at radius 1 is 1.40 bits per heavy atom. The van der Waals surface area contributed by atoms with Gasteiger partial charge in [0.25, 0.3) is 0 Å². The minimum atomic E-state index is -0.937. The topological polar surface area (TPSA) is 72.5 Å². The number of ketones is 1. The van der Waals surface area contributed by atoms with Crippen LogP contribution in [-0.2, 0) is 19.1 Å². The van der Waals surface area contributed by atoms with E-state index >= 15 is 0 Å². The van der Waals surface area contributed by atoms with Gasteiger partial charge in [0.2, 0.25) is 0 Å². The molecule has 0 aliphatic heterocycles. The van der Waals surface area contributed by atoms with Crippen molar-refractivity contribution in [2.45, 2.75) is 32.7 Å². The molecule has 1 saturated carbocycles. The van der Waals surface area contributed by atoms with Crippen LogP contribution in [0.4, 0.5) is 0 Å². The summed E-state index contributed by atoms with van der Waals surface area (Å²) < 4.78 is 4.50. The minimum absolute atomic E-state index is 0.00681. The van der Waals surface area contributed by atoms with Gasteiger partial charge >= 0.3 is 11.9 Å². The lowest BCUT2D eigenvalue weighted by atomic mass is 10.1. The Morgan fingerprint density at radius 3 is 2.47 bits per heavy atom. The Labute approximate surface area is 88.2 Å². The highest BCUT2D eigenvalue weighted by atomic mass is 16.5. The van der Waals surface area contributed by atoms with Crippen LogP contribution in [0.15, 0.2) is 0 Å². The summed E-state index contributed by atoms with van der Waals surface area (Å²) in [5.74, 6) is -1.72. The van der Waals surface area contributed by atoms with Gasteiger partial charge in [-0.1, -0.05) is 0 Å². The molecule has 1 aliphatic rings. The minimum Gasteiger partial charge on any atom is -0.459 e. The number of carbonyl (C=O) groups is 3. The van der Waals surface area contributed by atoms with Crippen LogP contribution in [0, 0.1) is 5.92 Å². The van der Waals surface area contributed by atoms with Crippen molar-refractivity contribution >= 4 is 17.7 Å². The molecule has 1 N–H and O–H groups in total. The highest BCUT2D eigenvalue weighted by Crippen LogP contribution is 2.30. The fourth-order valence-corrected chi connectivity index (χ4v) is 1.24. The van der Waals surface area contributed by atoms with E-state index in [-0.39, 0.29) is 18.3 Å². The Hall–Kier alpha value is -1.39. The third-order valence-corrected chi connectivity index (χ3v) is 2.21. The molecule has 15 heavy (non-hydrogen) atoms. The molecule has 1 fully saturated rings. The van der Waals surface area contributed by atoms with Crippen molar-refractivity contribution in [3.63, 3.8) is 0 Å². The number of esters is 1. The van der Waals surface area contributed by atoms with Gasteiger partial charge in [0.15, 0.2) is 5.78 Å². The van der Waals surface area contributed by atoms with Crippen LogP contribution in [-0.4, -0.2) is 30.3 Å². The first-order chi connectivity index (χ1) is 7.06. The molecule has 0 saturated heterocycles. The van der Waals surface area contributed by atoms with Crippen LogP contribution in [0.2, 0.25) is 0 Å². The van der Waals surface area contributed by atoms with E-state index in [0.717, 1.165) is 12.8 Å². The summed E-state index contributed by atoms with van der Waals surface area (Å²) in [4.78, 5) is 33.5. The first kappa shape index (κ1) is 11.7. The quantitative estimate of drug-likeness (QED) is 0.528. The van der Waals surface area contributed by atoms with E-state index in [1.807, 2.05) is 0 Å². The van der Waals surface area contributed by atoms with Crippen molar-refractivity contribution in [1.82, 2.24) is 5.32 Å². The zero-order valence-corrected chi connectivity index (χ0v) is 8.91. The van der Waals surface area contributed by atoms with Gasteiger partial charge in [-0.25, -0.2) is 4.79 Å². The Morgan fingerprint density at radius 2 is 2.00 bits per heavy atom. The molecule has 0 bridgehead atoms. The third-order valence-electron chi connectivity index (χ3n) is 2.21. The second-order valence-corrected chi connectivity index (χ2v) is 3.59. The van der Waals surface area contributed by atoms with Gasteiger partial charge in [-0.2, -0.15) is 0 Å². The summed E-state index contributed by atoms with van der Waals surface area (Å²) >= 11 is 0. The molecule has 1 unspecified atom stereocenters. The maximum Gasteiger partial charge on any atom is 0.396 e. The largest absolute Gasteiger partial charge is 0.459 e. The van der Waals surface area contributed by atoms with E-state index in [0.29, 0.717) is 0 Å². The summed E-state index contributed by atoms with van der Waals surface area (Å²) in [6.45, 7) is 3.35. The zero-order chi connectivity index (χ0) is 11.4. The first-order valence-electron chi connectivity index (χ1n) is 5.07. The van der Waals surface area contributed by atoms with Gasteiger partial charge in [-0.15, -0.1) is 0 Å². The molecule has 0 heterocycles. The van der Waals surface area contributed by atoms with Crippen LogP contribution in [0.1, 0.15) is 26.7 Å². The van der Waals surface area contributed by atoms with Gasteiger partial charge in [0.1, 0.15) is 0 Å². The summed E-state index contributed by atoms with van der Waals surface area (Å²) in [6, 6.07) is -0.602. The number of ether oxygens (including phenoxy) is 1. The number of carbonyl (C=O) groups excluding carboxylic acids is 3. The van der Waals surface area contributed by atoms with Crippen LogP contribution in [0.5, 0.6) is 0 Å². The molecule has 5 heteroatoms. The SMILES string of the molecule is CCOC(=O)C(=O)NC(C)C(=O)C1CC1. The lowest BCUT2D eigenvalue weighted by molar-refractivity contribution is -0.155. The van der Waals surface area contributed by atoms with E-state index < -0.39 is 17.9 Å². The number of amides is 1. The van der Waals surface area contributed by atoms with Gasteiger partial charge in [-0.05, 0) is 26.7 Å². The Bertz CT molecular complexity index is 283. The fraction of sp³-hybridized carbons (Fsp3) is 0.700. The van der Waals surface area contributed by atoms with Crippen molar-refractivity contribution < 1.29 is 19.1 Å². The molecular formula is C10H15NO4. The van der Waals surface area contributed by atoms with E-state index in [4.69, 9.17) is 0 Å². The molecule has 0 spiro atoms. The van der Waals surface area contributed by atoms with Crippen molar-refractivity contribution in [1.29, 1.82) is 0 Å². The van der Waals surface area contributed by atoms with E-state index in [1.165, 1.54) is 0 Å². The molecule has 1 amide bonds. The molecule has 0 aromatic carbocycles. The van der Waals surface area contributed by atoms with Crippen molar-refractivity contribution in [2.75, 3.05) is 6.61 Å². The third kappa shape index (κ3) is 3.34. The lowest BCUT2D eigenvalue weighted by Gasteiger charge is -2.11. The standard InChI is InChI=1S/C10H15NO4/c1-3-15-10(14)9(13)11-6(2)8(12)7-4-5-7/h6-7H,3-5H2,1-2H3,(H,11,13). The predicted molar refractivity (Wildman–Crippen MR) is 52.0 cm³/mol. The van der Waals surface area contributed by atoms with Crippen molar-refractivity contribution in [3.05, 3.63) is 0 Å². The summed E-state index contributed by atoms with van der Waals surface area (Å²) in [6.07, 6.45) is 1.77. The summed E-state index contributed by atoms with van der Waals surface area (Å²) in [5.41, 5.74) is 0. The Balaban J connectivity index is 2.36. The smallest absolute Gasteiger partial charge is 0.396 e. The fourth-order valence-electron chi connectivity index (χ4n) is 1.24. The average molecular weight is 213 g/mol. The van der Waals surface area contributed by atoms with E-state index in [1.54, 1.807) is 13.8 Å². The molecule has 5 nitrogen and oxygen atoms in total. The van der Waals surface area contributed by atoms with Crippen LogP contribution in [0.25, 0.3) is 0 Å². The molecule has 0 aromatic heterocycles. The van der Waals surface area contributed by atoms with Crippen molar-refractivity contribution in [2.24, 2.45) is 5.92 Å². The molecule has 84 valence electrons. The van der Waals surface area contributed by atoms with Crippen molar-refractivity contribution in [3.8, 4) is 0 Å². The monoisotopic (exact) mass is 213 g/mol. The second-order valence-electron chi connectivity index (χ2n) is 3.59. The number of hydrogen-bond acceptors (Lipinski definition) is 4. The molecule has 1 rings (SSSR count). The number of rotatable bonds is 4. The molecule has 1 aliphatic carbocycles. The van der Waals surface area contributed by atoms with Crippen LogP contribution >= 0.6 is 0 Å². The summed E-state index contributed by atoms with van der Waals surface area (Å²) in [7, 11) is 0. The van der Waals surface area contributed by atoms with Crippen LogP contribution < -0.4 is 5.32 Å². The number of nitrogens with one attached hydrogen (secondary N) is 1. The average Bonchev–Trinajstić information content (AvgIpc) is 3.00. The van der Waals surface area contributed by atoms with Gasteiger partial charge < -0.3 is 10.1 Å².